The van der Waals surface area contributed by atoms with Gasteiger partial charge < -0.3 is 5.11 Å². The van der Waals surface area contributed by atoms with Crippen molar-refractivity contribution in [3.05, 3.63) is 59.3 Å². The van der Waals surface area contributed by atoms with Gasteiger partial charge in [0.15, 0.2) is 0 Å². The molecule has 0 bridgehead atoms. The van der Waals surface area contributed by atoms with Crippen molar-refractivity contribution in [2.24, 2.45) is 0 Å². The molecule has 3 rings (SSSR count). The molecule has 2 amide bonds. The lowest BCUT2D eigenvalue weighted by Gasteiger charge is -2.12. The van der Waals surface area contributed by atoms with Crippen molar-refractivity contribution >= 4 is 17.6 Å². The zero-order chi connectivity index (χ0) is 14.8. The predicted octanol–water partition coefficient (Wildman–Crippen LogP) is 1.23. The average Bonchev–Trinajstić information content (AvgIpc) is 2.78. The van der Waals surface area contributed by atoms with E-state index in [0.717, 1.165) is 4.90 Å². The molecule has 2 heterocycles. The van der Waals surface area contributed by atoms with Gasteiger partial charge in [-0.15, -0.1) is 0 Å². The lowest BCUT2D eigenvalue weighted by atomic mass is 10.1. The zero-order valence-corrected chi connectivity index (χ0v) is 10.9. The Morgan fingerprint density at radius 1 is 1.00 bits per heavy atom. The van der Waals surface area contributed by atoms with Crippen LogP contribution in [0.25, 0.3) is 0 Å². The molecule has 1 aromatic heterocycles. The van der Waals surface area contributed by atoms with Crippen LogP contribution in [-0.4, -0.2) is 28.5 Å². The highest BCUT2D eigenvalue weighted by Gasteiger charge is 2.36. The summed E-state index contributed by atoms with van der Waals surface area (Å²) in [7, 11) is 0. The summed E-state index contributed by atoms with van der Waals surface area (Å²) in [6.45, 7) is -0.279. The van der Waals surface area contributed by atoms with Gasteiger partial charge in [0.05, 0.1) is 11.1 Å². The van der Waals surface area contributed by atoms with Crippen LogP contribution in [0.5, 0.6) is 0 Å². The Morgan fingerprint density at radius 3 is 2.29 bits per heavy atom. The van der Waals surface area contributed by atoms with Crippen LogP contribution in [0.1, 0.15) is 26.4 Å². The Labute approximate surface area is 120 Å². The Morgan fingerprint density at radius 2 is 1.67 bits per heavy atom. The molecule has 0 fully saturated rings. The highest BCUT2D eigenvalue weighted by Crippen LogP contribution is 2.26. The van der Waals surface area contributed by atoms with E-state index in [0.29, 0.717) is 16.8 Å². The third-order valence-corrected chi connectivity index (χ3v) is 3.05. The zero-order valence-electron chi connectivity index (χ0n) is 10.9. The predicted molar refractivity (Wildman–Crippen MR) is 75.8 cm³/mol. The molecule has 5 nitrogen and oxygen atoms in total. The van der Waals surface area contributed by atoms with E-state index in [-0.39, 0.29) is 12.4 Å². The fraction of sp³-hybridized carbons (Fsp3) is 0.0625. The first-order chi connectivity index (χ1) is 10.2. The Kier molecular flexibility index (Phi) is 3.22. The number of aromatic nitrogens is 1. The third-order valence-electron chi connectivity index (χ3n) is 3.05. The summed E-state index contributed by atoms with van der Waals surface area (Å²) in [5.41, 5.74) is 1.13. The molecule has 0 spiro atoms. The van der Waals surface area contributed by atoms with E-state index >= 15 is 0 Å². The maximum atomic E-state index is 12.3. The molecule has 1 N–H and O–H groups in total. The van der Waals surface area contributed by atoms with Crippen LogP contribution >= 0.6 is 0 Å². The van der Waals surface area contributed by atoms with Crippen LogP contribution in [0.3, 0.4) is 0 Å². The third kappa shape index (κ3) is 2.18. The van der Waals surface area contributed by atoms with Gasteiger partial charge in [-0.25, -0.2) is 9.88 Å². The van der Waals surface area contributed by atoms with Crippen LogP contribution in [0, 0.1) is 11.8 Å². The second kappa shape index (κ2) is 5.19. The number of imide groups is 1. The van der Waals surface area contributed by atoms with Gasteiger partial charge in [0, 0.05) is 0 Å². The number of hydrogen-bond acceptors (Lipinski definition) is 4. The number of carbonyl (C=O) groups is 2. The van der Waals surface area contributed by atoms with E-state index in [1.165, 1.54) is 0 Å². The SMILES string of the molecule is O=C1c2ccccc2C(=O)N1c1cccc(C#CCO)n1. The molecule has 0 radical (unpaired) electrons. The fourth-order valence-electron chi connectivity index (χ4n) is 2.14. The molecule has 2 aromatic rings. The number of benzene rings is 1. The van der Waals surface area contributed by atoms with Crippen molar-refractivity contribution < 1.29 is 14.7 Å². The van der Waals surface area contributed by atoms with E-state index in [1.807, 2.05) is 0 Å². The minimum atomic E-state index is -0.393. The molecule has 1 aliphatic rings. The lowest BCUT2D eigenvalue weighted by Crippen LogP contribution is -2.30. The molecule has 1 aliphatic heterocycles. The topological polar surface area (TPSA) is 70.5 Å². The van der Waals surface area contributed by atoms with Crippen molar-refractivity contribution in [3.63, 3.8) is 0 Å². The van der Waals surface area contributed by atoms with Gasteiger partial charge in [-0.2, -0.15) is 0 Å². The number of fused-ring (bicyclic) bond motifs is 1. The molecule has 0 atom stereocenters. The van der Waals surface area contributed by atoms with Gasteiger partial charge >= 0.3 is 0 Å². The van der Waals surface area contributed by atoms with Crippen LogP contribution < -0.4 is 4.90 Å². The number of aliphatic hydroxyl groups is 1. The molecule has 0 saturated carbocycles. The highest BCUT2D eigenvalue weighted by atomic mass is 16.2. The number of nitrogens with zero attached hydrogens (tertiary/aromatic N) is 2. The first kappa shape index (κ1) is 13.0. The van der Waals surface area contributed by atoms with E-state index in [2.05, 4.69) is 16.8 Å². The Hall–Kier alpha value is -2.97. The van der Waals surface area contributed by atoms with Gasteiger partial charge in [-0.1, -0.05) is 24.1 Å². The van der Waals surface area contributed by atoms with Gasteiger partial charge in [0.2, 0.25) is 0 Å². The first-order valence-electron chi connectivity index (χ1n) is 6.27. The normalized spacial score (nSPS) is 12.9. The molecular weight excluding hydrogens is 268 g/mol. The number of aliphatic hydroxyl groups excluding tert-OH is 1. The largest absolute Gasteiger partial charge is 0.384 e. The van der Waals surface area contributed by atoms with Crippen molar-refractivity contribution in [1.82, 2.24) is 4.98 Å². The quantitative estimate of drug-likeness (QED) is 0.629. The minimum Gasteiger partial charge on any atom is -0.384 e. The van der Waals surface area contributed by atoms with Crippen molar-refractivity contribution in [2.45, 2.75) is 0 Å². The van der Waals surface area contributed by atoms with Gasteiger partial charge in [0.25, 0.3) is 11.8 Å². The summed E-state index contributed by atoms with van der Waals surface area (Å²) in [6, 6.07) is 11.5. The second-order valence-corrected chi connectivity index (χ2v) is 4.33. The molecule has 21 heavy (non-hydrogen) atoms. The van der Waals surface area contributed by atoms with Gasteiger partial charge in [-0.05, 0) is 30.2 Å². The maximum absolute atomic E-state index is 12.3. The van der Waals surface area contributed by atoms with E-state index in [9.17, 15) is 9.59 Å². The number of hydrogen-bond donors (Lipinski definition) is 1. The smallest absolute Gasteiger partial charge is 0.267 e. The summed E-state index contributed by atoms with van der Waals surface area (Å²) in [5, 5.41) is 8.69. The van der Waals surface area contributed by atoms with E-state index in [4.69, 9.17) is 5.11 Å². The Bertz CT molecular complexity index is 767. The number of amides is 2. The van der Waals surface area contributed by atoms with Crippen LogP contribution in [0.2, 0.25) is 0 Å². The van der Waals surface area contributed by atoms with Crippen LogP contribution in [0.15, 0.2) is 42.5 Å². The summed E-state index contributed by atoms with van der Waals surface area (Å²) in [4.78, 5) is 29.9. The molecule has 0 aliphatic carbocycles. The first-order valence-corrected chi connectivity index (χ1v) is 6.27. The van der Waals surface area contributed by atoms with Crippen molar-refractivity contribution in [1.29, 1.82) is 0 Å². The molecule has 0 unspecified atom stereocenters. The van der Waals surface area contributed by atoms with Crippen molar-refractivity contribution in [3.8, 4) is 11.8 Å². The standard InChI is InChI=1S/C16H10N2O3/c19-10-4-6-11-5-3-9-14(17-11)18-15(20)12-7-1-2-8-13(12)16(18)21/h1-3,5,7-9,19H,10H2. The summed E-state index contributed by atoms with van der Waals surface area (Å²) >= 11 is 0. The van der Waals surface area contributed by atoms with Crippen molar-refractivity contribution in [2.75, 3.05) is 11.5 Å². The van der Waals surface area contributed by atoms with E-state index in [1.54, 1.807) is 42.5 Å². The average molecular weight is 278 g/mol. The molecule has 1 aromatic carbocycles. The highest BCUT2D eigenvalue weighted by molar-refractivity contribution is 6.34. The molecule has 0 saturated heterocycles. The molecule has 5 heteroatoms. The maximum Gasteiger partial charge on any atom is 0.267 e. The summed E-state index contributed by atoms with van der Waals surface area (Å²) in [6.07, 6.45) is 0. The van der Waals surface area contributed by atoms with Gasteiger partial charge in [0.1, 0.15) is 18.1 Å². The number of pyridine rings is 1. The molecule has 102 valence electrons. The number of rotatable bonds is 1. The number of anilines is 1. The van der Waals surface area contributed by atoms with Crippen LogP contribution in [0.4, 0.5) is 5.82 Å². The summed E-state index contributed by atoms with van der Waals surface area (Å²) in [5.74, 6) is 4.57. The molecular formula is C16H10N2O3. The monoisotopic (exact) mass is 278 g/mol. The van der Waals surface area contributed by atoms with Gasteiger partial charge in [-0.3, -0.25) is 9.59 Å². The second-order valence-electron chi connectivity index (χ2n) is 4.33. The Balaban J connectivity index is 2.03. The minimum absolute atomic E-state index is 0.228. The number of carbonyl (C=O) groups excluding carboxylic acids is 2. The lowest BCUT2D eigenvalue weighted by molar-refractivity contribution is 0.0925. The fourth-order valence-corrected chi connectivity index (χ4v) is 2.14. The van der Waals surface area contributed by atoms with Crippen LogP contribution in [-0.2, 0) is 0 Å². The van der Waals surface area contributed by atoms with E-state index < -0.39 is 11.8 Å². The summed E-state index contributed by atoms with van der Waals surface area (Å²) < 4.78 is 0.